The van der Waals surface area contributed by atoms with Crippen LogP contribution in [0.2, 0.25) is 0 Å². The predicted molar refractivity (Wildman–Crippen MR) is 60.6 cm³/mol. The zero-order valence-corrected chi connectivity index (χ0v) is 9.84. The molecule has 0 saturated heterocycles. The van der Waals surface area contributed by atoms with Crippen LogP contribution in [0.1, 0.15) is 12.7 Å². The summed E-state index contributed by atoms with van der Waals surface area (Å²) < 4.78 is 1.95. The molecule has 80 valence electrons. The summed E-state index contributed by atoms with van der Waals surface area (Å²) in [5.41, 5.74) is 0. The van der Waals surface area contributed by atoms with Crippen molar-refractivity contribution >= 4 is 11.8 Å². The number of aromatic nitrogens is 3. The Balaban J connectivity index is 2.56. The van der Waals surface area contributed by atoms with Gasteiger partial charge in [-0.2, -0.15) is 16.9 Å². The van der Waals surface area contributed by atoms with E-state index in [2.05, 4.69) is 28.6 Å². The van der Waals surface area contributed by atoms with Crippen molar-refractivity contribution in [3.8, 4) is 0 Å². The van der Waals surface area contributed by atoms with Crippen LogP contribution >= 0.6 is 11.8 Å². The summed E-state index contributed by atoms with van der Waals surface area (Å²) in [6.07, 6.45) is 4.70. The number of rotatable bonds is 6. The van der Waals surface area contributed by atoms with Gasteiger partial charge in [-0.1, -0.05) is 0 Å². The SMILES string of the molecule is CCn1ncnc1CC(CSC)NC. The van der Waals surface area contributed by atoms with Gasteiger partial charge in [0.15, 0.2) is 0 Å². The highest BCUT2D eigenvalue weighted by Crippen LogP contribution is 2.04. The summed E-state index contributed by atoms with van der Waals surface area (Å²) in [7, 11) is 1.99. The van der Waals surface area contributed by atoms with Gasteiger partial charge in [0, 0.05) is 24.8 Å². The summed E-state index contributed by atoms with van der Waals surface area (Å²) >= 11 is 1.85. The number of hydrogen-bond donors (Lipinski definition) is 1. The molecule has 0 amide bonds. The second kappa shape index (κ2) is 6.03. The van der Waals surface area contributed by atoms with E-state index in [0.717, 1.165) is 24.5 Å². The number of nitrogens with one attached hydrogen (secondary N) is 1. The molecule has 1 aromatic heterocycles. The Bertz CT molecular complexity index is 261. The van der Waals surface area contributed by atoms with E-state index >= 15 is 0 Å². The molecule has 1 heterocycles. The van der Waals surface area contributed by atoms with Gasteiger partial charge in [0.2, 0.25) is 0 Å². The summed E-state index contributed by atoms with van der Waals surface area (Å²) in [6, 6.07) is 0.486. The Labute approximate surface area is 89.5 Å². The number of nitrogens with zero attached hydrogens (tertiary/aromatic N) is 3. The van der Waals surface area contributed by atoms with E-state index in [0.29, 0.717) is 6.04 Å². The lowest BCUT2D eigenvalue weighted by molar-refractivity contribution is 0.549. The van der Waals surface area contributed by atoms with Gasteiger partial charge in [-0.15, -0.1) is 0 Å². The van der Waals surface area contributed by atoms with Crippen molar-refractivity contribution in [1.82, 2.24) is 20.1 Å². The van der Waals surface area contributed by atoms with Crippen molar-refractivity contribution in [1.29, 1.82) is 0 Å². The summed E-state index contributed by atoms with van der Waals surface area (Å²) in [4.78, 5) is 4.26. The number of aryl methyl sites for hydroxylation is 1. The molecule has 1 rings (SSSR count). The molecule has 4 nitrogen and oxygen atoms in total. The van der Waals surface area contributed by atoms with Crippen LogP contribution in [0.5, 0.6) is 0 Å². The molecule has 0 aliphatic rings. The normalized spacial score (nSPS) is 13.1. The third kappa shape index (κ3) is 2.99. The van der Waals surface area contributed by atoms with Crippen molar-refractivity contribution in [2.24, 2.45) is 0 Å². The Hall–Kier alpha value is -0.550. The zero-order chi connectivity index (χ0) is 10.4. The minimum atomic E-state index is 0.486. The second-order valence-corrected chi connectivity index (χ2v) is 4.05. The molecule has 0 spiro atoms. The van der Waals surface area contributed by atoms with Crippen LogP contribution in [-0.4, -0.2) is 39.9 Å². The van der Waals surface area contributed by atoms with Crippen molar-refractivity contribution in [3.05, 3.63) is 12.2 Å². The summed E-state index contributed by atoms with van der Waals surface area (Å²) in [6.45, 7) is 2.98. The fourth-order valence-electron chi connectivity index (χ4n) is 1.38. The Kier molecular flexibility index (Phi) is 4.97. The average Bonchev–Trinajstić information content (AvgIpc) is 2.64. The maximum Gasteiger partial charge on any atom is 0.138 e. The van der Waals surface area contributed by atoms with Gasteiger partial charge in [0.05, 0.1) is 0 Å². The van der Waals surface area contributed by atoms with Gasteiger partial charge in [-0.25, -0.2) is 4.98 Å². The van der Waals surface area contributed by atoms with Crippen LogP contribution in [0.3, 0.4) is 0 Å². The van der Waals surface area contributed by atoms with E-state index < -0.39 is 0 Å². The molecule has 0 radical (unpaired) electrons. The van der Waals surface area contributed by atoms with Crippen LogP contribution in [0.25, 0.3) is 0 Å². The predicted octanol–water partition coefficient (Wildman–Crippen LogP) is 0.791. The lowest BCUT2D eigenvalue weighted by Crippen LogP contribution is -2.31. The zero-order valence-electron chi connectivity index (χ0n) is 9.03. The van der Waals surface area contributed by atoms with Crippen LogP contribution in [0, 0.1) is 0 Å². The van der Waals surface area contributed by atoms with Gasteiger partial charge in [-0.3, -0.25) is 4.68 Å². The molecule has 1 unspecified atom stereocenters. The molecule has 1 aromatic rings. The Morgan fingerprint density at radius 1 is 1.64 bits per heavy atom. The smallest absolute Gasteiger partial charge is 0.138 e. The van der Waals surface area contributed by atoms with Crippen molar-refractivity contribution in [2.75, 3.05) is 19.1 Å². The fraction of sp³-hybridized carbons (Fsp3) is 0.778. The quantitative estimate of drug-likeness (QED) is 0.760. The number of likely N-dealkylation sites (N-methyl/N-ethyl adjacent to an activating group) is 1. The summed E-state index contributed by atoms with van der Waals surface area (Å²) in [5.74, 6) is 2.17. The molecule has 0 aliphatic heterocycles. The first kappa shape index (κ1) is 11.5. The van der Waals surface area contributed by atoms with E-state index in [9.17, 15) is 0 Å². The van der Waals surface area contributed by atoms with Gasteiger partial charge >= 0.3 is 0 Å². The average molecular weight is 214 g/mol. The van der Waals surface area contributed by atoms with Crippen molar-refractivity contribution in [3.63, 3.8) is 0 Å². The van der Waals surface area contributed by atoms with Gasteiger partial charge in [-0.05, 0) is 20.2 Å². The number of hydrogen-bond acceptors (Lipinski definition) is 4. The van der Waals surface area contributed by atoms with Gasteiger partial charge in [0.1, 0.15) is 12.2 Å². The Morgan fingerprint density at radius 2 is 2.43 bits per heavy atom. The molecular formula is C9H18N4S. The van der Waals surface area contributed by atoms with E-state index in [-0.39, 0.29) is 0 Å². The minimum Gasteiger partial charge on any atom is -0.316 e. The second-order valence-electron chi connectivity index (χ2n) is 3.14. The van der Waals surface area contributed by atoms with Gasteiger partial charge in [0.25, 0.3) is 0 Å². The standard InChI is InChI=1S/C9H18N4S/c1-4-13-9(11-7-12-13)5-8(10-2)6-14-3/h7-8,10H,4-6H2,1-3H3. The topological polar surface area (TPSA) is 42.7 Å². The fourth-order valence-corrected chi connectivity index (χ4v) is 2.06. The first-order valence-corrected chi connectivity index (χ1v) is 6.24. The molecule has 5 heteroatoms. The third-order valence-electron chi connectivity index (χ3n) is 2.20. The van der Waals surface area contributed by atoms with Crippen LogP contribution in [0.15, 0.2) is 6.33 Å². The highest BCUT2D eigenvalue weighted by molar-refractivity contribution is 7.98. The van der Waals surface area contributed by atoms with E-state index in [1.165, 1.54) is 0 Å². The van der Waals surface area contributed by atoms with Crippen molar-refractivity contribution in [2.45, 2.75) is 25.9 Å². The lowest BCUT2D eigenvalue weighted by atomic mass is 10.2. The molecule has 0 aromatic carbocycles. The van der Waals surface area contributed by atoms with Crippen molar-refractivity contribution < 1.29 is 0 Å². The van der Waals surface area contributed by atoms with E-state index in [1.807, 2.05) is 23.5 Å². The molecule has 14 heavy (non-hydrogen) atoms. The molecule has 0 aliphatic carbocycles. The number of thioether (sulfide) groups is 1. The van der Waals surface area contributed by atoms with Crippen LogP contribution in [0.4, 0.5) is 0 Å². The minimum absolute atomic E-state index is 0.486. The molecule has 1 atom stereocenters. The van der Waals surface area contributed by atoms with Crippen LogP contribution in [-0.2, 0) is 13.0 Å². The lowest BCUT2D eigenvalue weighted by Gasteiger charge is -2.14. The molecule has 0 saturated carbocycles. The third-order valence-corrected chi connectivity index (χ3v) is 2.94. The first-order valence-electron chi connectivity index (χ1n) is 4.84. The van der Waals surface area contributed by atoms with E-state index in [1.54, 1.807) is 6.33 Å². The van der Waals surface area contributed by atoms with Crippen LogP contribution < -0.4 is 5.32 Å². The Morgan fingerprint density at radius 3 is 3.00 bits per heavy atom. The molecule has 1 N–H and O–H groups in total. The molecular weight excluding hydrogens is 196 g/mol. The molecule has 0 fully saturated rings. The molecule has 0 bridgehead atoms. The first-order chi connectivity index (χ1) is 6.81. The summed E-state index contributed by atoms with van der Waals surface area (Å²) in [5, 5.41) is 7.44. The van der Waals surface area contributed by atoms with Gasteiger partial charge < -0.3 is 5.32 Å². The highest BCUT2D eigenvalue weighted by Gasteiger charge is 2.10. The van der Waals surface area contributed by atoms with E-state index in [4.69, 9.17) is 0 Å². The largest absolute Gasteiger partial charge is 0.316 e. The monoisotopic (exact) mass is 214 g/mol. The highest BCUT2D eigenvalue weighted by atomic mass is 32.2. The maximum absolute atomic E-state index is 4.26. The maximum atomic E-state index is 4.26.